The third-order valence-corrected chi connectivity index (χ3v) is 5.91. The summed E-state index contributed by atoms with van der Waals surface area (Å²) in [5.74, 6) is 5.30. The first-order chi connectivity index (χ1) is 14.7. The molecule has 0 spiro atoms. The number of nitrogens with two attached hydrogens (primary N) is 1. The summed E-state index contributed by atoms with van der Waals surface area (Å²) in [5, 5.41) is 15.6. The molecule has 0 bridgehead atoms. The fraction of sp³-hybridized carbons (Fsp3) is 0.333. The summed E-state index contributed by atoms with van der Waals surface area (Å²) in [6.45, 7) is 3.11. The molecule has 2 aromatic carbocycles. The van der Waals surface area contributed by atoms with Crippen molar-refractivity contribution in [2.75, 3.05) is 19.6 Å². The molecular formula is C24H27N3O3. The molecule has 2 heterocycles. The minimum absolute atomic E-state index is 0.0355. The fourth-order valence-corrected chi connectivity index (χ4v) is 4.28. The van der Waals surface area contributed by atoms with Gasteiger partial charge in [0.05, 0.1) is 10.9 Å². The quantitative estimate of drug-likeness (QED) is 0.270. The number of benzene rings is 2. The molecule has 0 saturated carbocycles. The van der Waals surface area contributed by atoms with Gasteiger partial charge in [0.25, 0.3) is 0 Å². The highest BCUT2D eigenvalue weighted by Gasteiger charge is 2.26. The number of hydrogen-bond acceptors (Lipinski definition) is 6. The summed E-state index contributed by atoms with van der Waals surface area (Å²) in [6.07, 6.45) is 3.64. The van der Waals surface area contributed by atoms with Gasteiger partial charge in [0.2, 0.25) is 0 Å². The molecule has 6 heteroatoms. The number of rotatable bonds is 7. The van der Waals surface area contributed by atoms with Crippen molar-refractivity contribution in [2.24, 2.45) is 10.9 Å². The lowest BCUT2D eigenvalue weighted by Crippen LogP contribution is -2.24. The molecule has 6 nitrogen and oxygen atoms in total. The van der Waals surface area contributed by atoms with Crippen molar-refractivity contribution < 1.29 is 9.52 Å². The van der Waals surface area contributed by atoms with Crippen molar-refractivity contribution in [3.8, 4) is 5.75 Å². The van der Waals surface area contributed by atoms with Crippen LogP contribution in [0, 0.1) is 0 Å². The van der Waals surface area contributed by atoms with Gasteiger partial charge in [-0.15, -0.1) is 0 Å². The van der Waals surface area contributed by atoms with Crippen LogP contribution in [-0.4, -0.2) is 35.4 Å². The molecule has 0 aliphatic carbocycles. The maximum absolute atomic E-state index is 12.9. The Hall–Kier alpha value is -3.12. The molecule has 3 N–H and O–H groups in total. The molecule has 1 saturated heterocycles. The second-order valence-corrected chi connectivity index (χ2v) is 7.81. The summed E-state index contributed by atoms with van der Waals surface area (Å²) in [5.41, 5.74) is 1.83. The number of hydrazone groups is 1. The molecule has 0 radical (unpaired) electrons. The number of nitrogens with zero attached hydrogens (tertiary/aromatic N) is 2. The van der Waals surface area contributed by atoms with Crippen LogP contribution in [0.4, 0.5) is 0 Å². The summed E-state index contributed by atoms with van der Waals surface area (Å²) in [4.78, 5) is 15.3. The molecular weight excluding hydrogens is 378 g/mol. The van der Waals surface area contributed by atoms with E-state index < -0.39 is 11.5 Å². The van der Waals surface area contributed by atoms with Crippen LogP contribution >= 0.6 is 0 Å². The van der Waals surface area contributed by atoms with Crippen LogP contribution in [0.5, 0.6) is 5.75 Å². The van der Waals surface area contributed by atoms with E-state index in [4.69, 9.17) is 10.3 Å². The number of hydrogen-bond donors (Lipinski definition) is 2. The number of fused-ring (bicyclic) bond motifs is 1. The van der Waals surface area contributed by atoms with Crippen molar-refractivity contribution in [1.29, 1.82) is 0 Å². The SMILES string of the molecule is N/N=C(\CCN1CCCC1)CC(c1ccccc1)c1c(O)c2ccccc2oc1=O. The van der Waals surface area contributed by atoms with E-state index in [9.17, 15) is 9.90 Å². The van der Waals surface area contributed by atoms with Gasteiger partial charge in [0.1, 0.15) is 11.3 Å². The van der Waals surface area contributed by atoms with Crippen LogP contribution in [0.15, 0.2) is 68.9 Å². The zero-order chi connectivity index (χ0) is 20.9. The zero-order valence-corrected chi connectivity index (χ0v) is 17.0. The molecule has 1 atom stereocenters. The highest BCUT2D eigenvalue weighted by atomic mass is 16.4. The Morgan fingerprint density at radius 1 is 1.10 bits per heavy atom. The van der Waals surface area contributed by atoms with E-state index in [0.717, 1.165) is 37.3 Å². The monoisotopic (exact) mass is 405 g/mol. The Bertz CT molecular complexity index is 1090. The van der Waals surface area contributed by atoms with E-state index >= 15 is 0 Å². The van der Waals surface area contributed by atoms with Crippen LogP contribution in [0.3, 0.4) is 0 Å². The summed E-state index contributed by atoms with van der Waals surface area (Å²) in [7, 11) is 0. The third kappa shape index (κ3) is 4.24. The molecule has 3 aromatic rings. The summed E-state index contributed by atoms with van der Waals surface area (Å²) >= 11 is 0. The van der Waals surface area contributed by atoms with E-state index in [0.29, 0.717) is 17.4 Å². The van der Waals surface area contributed by atoms with Gasteiger partial charge in [-0.2, -0.15) is 5.10 Å². The normalized spacial score (nSPS) is 16.2. The van der Waals surface area contributed by atoms with E-state index in [-0.39, 0.29) is 11.3 Å². The van der Waals surface area contributed by atoms with Gasteiger partial charge in [-0.3, -0.25) is 0 Å². The summed E-state index contributed by atoms with van der Waals surface area (Å²) in [6, 6.07) is 16.7. The van der Waals surface area contributed by atoms with Crippen LogP contribution in [-0.2, 0) is 0 Å². The maximum Gasteiger partial charge on any atom is 0.343 e. The first-order valence-corrected chi connectivity index (χ1v) is 10.4. The Morgan fingerprint density at radius 3 is 2.53 bits per heavy atom. The molecule has 4 rings (SSSR count). The standard InChI is InChI=1S/C24H27N3O3/c25-26-18(12-15-27-13-6-7-14-27)16-20(17-8-2-1-3-9-17)22-23(28)19-10-4-5-11-21(19)30-24(22)29/h1-5,8-11,20,28H,6-7,12-16,25H2/b26-18+. The molecule has 1 aliphatic heterocycles. The van der Waals surface area contributed by atoms with E-state index in [1.54, 1.807) is 18.2 Å². The summed E-state index contributed by atoms with van der Waals surface area (Å²) < 4.78 is 5.54. The van der Waals surface area contributed by atoms with Gasteiger partial charge in [-0.1, -0.05) is 42.5 Å². The average Bonchev–Trinajstić information content (AvgIpc) is 3.29. The van der Waals surface area contributed by atoms with Crippen LogP contribution in [0.25, 0.3) is 11.0 Å². The Kier molecular flexibility index (Phi) is 6.14. The van der Waals surface area contributed by atoms with E-state index in [2.05, 4.69) is 10.0 Å². The second kappa shape index (κ2) is 9.13. The van der Waals surface area contributed by atoms with Crippen molar-refractivity contribution >= 4 is 16.7 Å². The Labute approximate surface area is 175 Å². The van der Waals surface area contributed by atoms with Crippen molar-refractivity contribution in [3.63, 3.8) is 0 Å². The second-order valence-electron chi connectivity index (χ2n) is 7.81. The predicted molar refractivity (Wildman–Crippen MR) is 119 cm³/mol. The van der Waals surface area contributed by atoms with E-state index in [1.807, 2.05) is 36.4 Å². The lowest BCUT2D eigenvalue weighted by Gasteiger charge is -2.21. The Balaban J connectivity index is 1.70. The third-order valence-electron chi connectivity index (χ3n) is 5.91. The Morgan fingerprint density at radius 2 is 1.80 bits per heavy atom. The van der Waals surface area contributed by atoms with Crippen LogP contribution in [0.2, 0.25) is 0 Å². The largest absolute Gasteiger partial charge is 0.507 e. The zero-order valence-electron chi connectivity index (χ0n) is 17.0. The molecule has 30 heavy (non-hydrogen) atoms. The number of likely N-dealkylation sites (tertiary alicyclic amines) is 1. The first-order valence-electron chi connectivity index (χ1n) is 10.4. The van der Waals surface area contributed by atoms with Gasteiger partial charge in [-0.05, 0) is 50.0 Å². The van der Waals surface area contributed by atoms with Crippen molar-refractivity contribution in [3.05, 3.63) is 76.1 Å². The lowest BCUT2D eigenvalue weighted by molar-refractivity contribution is 0.349. The highest BCUT2D eigenvalue weighted by molar-refractivity contribution is 5.87. The van der Waals surface area contributed by atoms with Crippen molar-refractivity contribution in [1.82, 2.24) is 4.90 Å². The fourth-order valence-electron chi connectivity index (χ4n) is 4.28. The van der Waals surface area contributed by atoms with Gasteiger partial charge in [-0.25, -0.2) is 4.79 Å². The van der Waals surface area contributed by atoms with E-state index in [1.165, 1.54) is 12.8 Å². The average molecular weight is 405 g/mol. The topological polar surface area (TPSA) is 92.1 Å². The first kappa shape index (κ1) is 20.2. The number of aromatic hydroxyl groups is 1. The van der Waals surface area contributed by atoms with Gasteiger partial charge in [0, 0.05) is 24.6 Å². The predicted octanol–water partition coefficient (Wildman–Crippen LogP) is 3.82. The molecule has 156 valence electrons. The molecule has 1 aromatic heterocycles. The van der Waals surface area contributed by atoms with Crippen molar-refractivity contribution in [2.45, 2.75) is 31.6 Å². The van der Waals surface area contributed by atoms with Crippen LogP contribution in [0.1, 0.15) is 42.7 Å². The number of para-hydroxylation sites is 1. The van der Waals surface area contributed by atoms with Gasteiger partial charge >= 0.3 is 5.63 Å². The minimum Gasteiger partial charge on any atom is -0.507 e. The van der Waals surface area contributed by atoms with Crippen LogP contribution < -0.4 is 11.5 Å². The molecule has 1 fully saturated rings. The smallest absolute Gasteiger partial charge is 0.343 e. The highest BCUT2D eigenvalue weighted by Crippen LogP contribution is 2.36. The molecule has 1 aliphatic rings. The maximum atomic E-state index is 12.9. The van der Waals surface area contributed by atoms with Gasteiger partial charge < -0.3 is 20.3 Å². The minimum atomic E-state index is -0.532. The molecule has 1 unspecified atom stereocenters. The lowest BCUT2D eigenvalue weighted by atomic mass is 9.86. The van der Waals surface area contributed by atoms with Gasteiger partial charge in [0.15, 0.2) is 0 Å². The molecule has 0 amide bonds.